The molecule has 0 bridgehead atoms. The maximum absolute atomic E-state index is 13.0. The molecule has 0 saturated heterocycles. The predicted octanol–water partition coefficient (Wildman–Crippen LogP) is 4.82. The van der Waals surface area contributed by atoms with E-state index in [0.717, 1.165) is 33.8 Å². The molecule has 1 aliphatic rings. The van der Waals surface area contributed by atoms with Crippen molar-refractivity contribution >= 4 is 34.0 Å². The van der Waals surface area contributed by atoms with Crippen LogP contribution in [0.3, 0.4) is 0 Å². The van der Waals surface area contributed by atoms with E-state index in [0.29, 0.717) is 17.1 Å². The van der Waals surface area contributed by atoms with Crippen molar-refractivity contribution in [1.82, 2.24) is 4.98 Å². The van der Waals surface area contributed by atoms with Crippen LogP contribution in [0.25, 0.3) is 0 Å². The summed E-state index contributed by atoms with van der Waals surface area (Å²) < 4.78 is 13.0. The molecule has 2 amide bonds. The number of hydrogen-bond donors (Lipinski definition) is 2. The number of rotatable bonds is 4. The summed E-state index contributed by atoms with van der Waals surface area (Å²) in [7, 11) is 0. The van der Waals surface area contributed by atoms with Gasteiger partial charge in [-0.2, -0.15) is 0 Å². The molecule has 0 radical (unpaired) electrons. The van der Waals surface area contributed by atoms with Crippen LogP contribution >= 0.6 is 11.3 Å². The van der Waals surface area contributed by atoms with Crippen LogP contribution in [-0.2, 0) is 11.2 Å². The third kappa shape index (κ3) is 4.05. The van der Waals surface area contributed by atoms with E-state index in [-0.39, 0.29) is 17.7 Å². The van der Waals surface area contributed by atoms with Crippen molar-refractivity contribution in [1.29, 1.82) is 0 Å². The molecule has 1 aliphatic carbocycles. The molecule has 3 aromatic rings. The van der Waals surface area contributed by atoms with Gasteiger partial charge < -0.3 is 5.32 Å². The summed E-state index contributed by atoms with van der Waals surface area (Å²) in [5, 5.41) is 6.20. The number of anilines is 2. The minimum absolute atomic E-state index is 0.0857. The van der Waals surface area contributed by atoms with Gasteiger partial charge in [-0.3, -0.25) is 14.9 Å². The van der Waals surface area contributed by atoms with Crippen molar-refractivity contribution in [3.05, 3.63) is 75.5 Å². The van der Waals surface area contributed by atoms with Crippen LogP contribution in [0.5, 0.6) is 0 Å². The summed E-state index contributed by atoms with van der Waals surface area (Å²) in [5.41, 5.74) is 4.04. The molecule has 2 aromatic carbocycles. The van der Waals surface area contributed by atoms with E-state index < -0.39 is 5.82 Å². The fraction of sp³-hybridized carbons (Fsp3) is 0.227. The summed E-state index contributed by atoms with van der Waals surface area (Å²) >= 11 is 1.38. The number of nitrogens with one attached hydrogen (secondary N) is 2. The van der Waals surface area contributed by atoms with Crippen molar-refractivity contribution in [3.63, 3.8) is 0 Å². The Kier molecular flexibility index (Phi) is 5.15. The minimum atomic E-state index is -0.396. The summed E-state index contributed by atoms with van der Waals surface area (Å²) in [5.74, 6) is -1.17. The maximum Gasteiger partial charge on any atom is 0.257 e. The molecule has 7 heteroatoms. The lowest BCUT2D eigenvalue weighted by atomic mass is 10.1. The molecule has 0 spiro atoms. The number of thiazole rings is 1. The predicted molar refractivity (Wildman–Crippen MR) is 112 cm³/mol. The summed E-state index contributed by atoms with van der Waals surface area (Å²) in [4.78, 5) is 30.7. The SMILES string of the molecule is Cc1ccc(NC(=O)C2CCc3sc(NC(=O)c4ccc(F)cc4)nc32)c(C)c1. The highest BCUT2D eigenvalue weighted by Gasteiger charge is 2.33. The number of benzene rings is 2. The summed E-state index contributed by atoms with van der Waals surface area (Å²) in [6.07, 6.45) is 1.46. The van der Waals surface area contributed by atoms with Gasteiger partial charge in [-0.05, 0) is 62.6 Å². The number of aryl methyl sites for hydroxylation is 3. The third-order valence-electron chi connectivity index (χ3n) is 5.00. The normalized spacial score (nSPS) is 15.1. The van der Waals surface area contributed by atoms with Gasteiger partial charge >= 0.3 is 0 Å². The second-order valence-electron chi connectivity index (χ2n) is 7.19. The first-order valence-corrected chi connectivity index (χ1v) is 10.2. The Morgan fingerprint density at radius 3 is 2.59 bits per heavy atom. The van der Waals surface area contributed by atoms with Gasteiger partial charge in [-0.1, -0.05) is 17.7 Å². The quantitative estimate of drug-likeness (QED) is 0.649. The number of fused-ring (bicyclic) bond motifs is 1. The molecule has 0 saturated carbocycles. The van der Waals surface area contributed by atoms with Crippen LogP contribution in [0.1, 0.15) is 44.4 Å². The molecule has 1 aromatic heterocycles. The molecule has 5 nitrogen and oxygen atoms in total. The highest BCUT2D eigenvalue weighted by atomic mass is 32.1. The second-order valence-corrected chi connectivity index (χ2v) is 8.27. The highest BCUT2D eigenvalue weighted by Crippen LogP contribution is 2.39. The average Bonchev–Trinajstić information content (AvgIpc) is 3.24. The minimum Gasteiger partial charge on any atom is -0.325 e. The van der Waals surface area contributed by atoms with Gasteiger partial charge in [-0.15, -0.1) is 11.3 Å². The number of halogens is 1. The lowest BCUT2D eigenvalue weighted by molar-refractivity contribution is -0.117. The van der Waals surface area contributed by atoms with Gasteiger partial charge in [0.05, 0.1) is 11.6 Å². The standard InChI is InChI=1S/C22H20FN3O2S/c1-12-3-9-17(13(2)11-12)24-21(28)16-8-10-18-19(16)25-22(29-18)26-20(27)14-4-6-15(23)7-5-14/h3-7,9,11,16H,8,10H2,1-2H3,(H,24,28)(H,25,26,27). The molecule has 1 atom stereocenters. The summed E-state index contributed by atoms with van der Waals surface area (Å²) in [6.45, 7) is 3.98. The number of nitrogens with zero attached hydrogens (tertiary/aromatic N) is 1. The third-order valence-corrected chi connectivity index (χ3v) is 6.05. The van der Waals surface area contributed by atoms with E-state index in [4.69, 9.17) is 0 Å². The maximum atomic E-state index is 13.0. The Hall–Kier alpha value is -3.06. The van der Waals surface area contributed by atoms with Crippen molar-refractivity contribution in [2.75, 3.05) is 10.6 Å². The fourth-order valence-electron chi connectivity index (χ4n) is 3.48. The summed E-state index contributed by atoms with van der Waals surface area (Å²) in [6, 6.07) is 11.2. The Morgan fingerprint density at radius 2 is 1.86 bits per heavy atom. The zero-order valence-corrected chi connectivity index (χ0v) is 16.9. The van der Waals surface area contributed by atoms with Crippen LogP contribution in [-0.4, -0.2) is 16.8 Å². The van der Waals surface area contributed by atoms with E-state index in [9.17, 15) is 14.0 Å². The van der Waals surface area contributed by atoms with Crippen LogP contribution in [0.15, 0.2) is 42.5 Å². The largest absolute Gasteiger partial charge is 0.325 e. The van der Waals surface area contributed by atoms with Crippen LogP contribution in [0.4, 0.5) is 15.2 Å². The molecular weight excluding hydrogens is 389 g/mol. The Morgan fingerprint density at radius 1 is 1.10 bits per heavy atom. The molecule has 1 heterocycles. The van der Waals surface area contributed by atoms with Gasteiger partial charge in [0.1, 0.15) is 5.82 Å². The van der Waals surface area contributed by atoms with Gasteiger partial charge in [0.2, 0.25) is 5.91 Å². The van der Waals surface area contributed by atoms with E-state index in [1.54, 1.807) is 0 Å². The fourth-order valence-corrected chi connectivity index (χ4v) is 4.51. The van der Waals surface area contributed by atoms with Gasteiger partial charge in [0.25, 0.3) is 5.91 Å². The van der Waals surface area contributed by atoms with Crippen LogP contribution < -0.4 is 10.6 Å². The second kappa shape index (κ2) is 7.75. The molecule has 4 rings (SSSR count). The van der Waals surface area contributed by atoms with Crippen molar-refractivity contribution in [2.24, 2.45) is 0 Å². The van der Waals surface area contributed by atoms with Crippen LogP contribution in [0.2, 0.25) is 0 Å². The van der Waals surface area contributed by atoms with Crippen LogP contribution in [0, 0.1) is 19.7 Å². The lowest BCUT2D eigenvalue weighted by Crippen LogP contribution is -2.20. The zero-order valence-electron chi connectivity index (χ0n) is 16.1. The average molecular weight is 409 g/mol. The van der Waals surface area contributed by atoms with E-state index >= 15 is 0 Å². The monoisotopic (exact) mass is 409 g/mol. The number of carbonyl (C=O) groups is 2. The topological polar surface area (TPSA) is 71.1 Å². The Labute approximate surface area is 172 Å². The molecule has 0 aliphatic heterocycles. The van der Waals surface area contributed by atoms with Crippen molar-refractivity contribution < 1.29 is 14.0 Å². The molecular formula is C22H20FN3O2S. The van der Waals surface area contributed by atoms with Gasteiger partial charge in [0.15, 0.2) is 5.13 Å². The number of amides is 2. The molecule has 1 unspecified atom stereocenters. The number of carbonyl (C=O) groups excluding carboxylic acids is 2. The molecule has 0 fully saturated rings. The van der Waals surface area contributed by atoms with Crippen molar-refractivity contribution in [3.8, 4) is 0 Å². The Bertz CT molecular complexity index is 1090. The van der Waals surface area contributed by atoms with Gasteiger partial charge in [-0.25, -0.2) is 9.37 Å². The number of hydrogen-bond acceptors (Lipinski definition) is 4. The lowest BCUT2D eigenvalue weighted by Gasteiger charge is -2.13. The number of aromatic nitrogens is 1. The van der Waals surface area contributed by atoms with Gasteiger partial charge in [0, 0.05) is 16.1 Å². The van der Waals surface area contributed by atoms with E-state index in [1.165, 1.54) is 35.6 Å². The first-order valence-electron chi connectivity index (χ1n) is 9.35. The smallest absolute Gasteiger partial charge is 0.257 e. The first kappa shape index (κ1) is 19.3. The zero-order chi connectivity index (χ0) is 20.5. The van der Waals surface area contributed by atoms with Crippen molar-refractivity contribution in [2.45, 2.75) is 32.6 Å². The molecule has 29 heavy (non-hydrogen) atoms. The Balaban J connectivity index is 1.47. The van der Waals surface area contributed by atoms with E-state index in [2.05, 4.69) is 15.6 Å². The van der Waals surface area contributed by atoms with E-state index in [1.807, 2.05) is 32.0 Å². The molecule has 2 N–H and O–H groups in total. The first-order chi connectivity index (χ1) is 13.9. The molecule has 148 valence electrons. The highest BCUT2D eigenvalue weighted by molar-refractivity contribution is 7.16.